The predicted octanol–water partition coefficient (Wildman–Crippen LogP) is 5.05. The molecule has 1 atom stereocenters. The molecule has 0 amide bonds. The van der Waals surface area contributed by atoms with Crippen molar-refractivity contribution >= 4 is 17.1 Å². The van der Waals surface area contributed by atoms with E-state index < -0.39 is 11.7 Å². The monoisotopic (exact) mass is 419 g/mol. The van der Waals surface area contributed by atoms with Crippen LogP contribution >= 0.6 is 11.3 Å². The summed E-state index contributed by atoms with van der Waals surface area (Å²) in [5.41, 5.74) is 0.433. The smallest absolute Gasteiger partial charge is 0.297 e. The molecule has 1 aliphatic heterocycles. The number of carbonyl (C=O) groups excluding carboxylic acids is 1. The van der Waals surface area contributed by atoms with Gasteiger partial charge in [-0.3, -0.25) is 14.3 Å². The molecule has 4 nitrogen and oxygen atoms in total. The summed E-state index contributed by atoms with van der Waals surface area (Å²) < 4.78 is 41.0. The maximum Gasteiger partial charge on any atom is 0.416 e. The highest BCUT2D eigenvalue weighted by atomic mass is 32.1. The summed E-state index contributed by atoms with van der Waals surface area (Å²) in [6.07, 6.45) is 0.806. The molecule has 3 heterocycles. The standard InChI is InChI=1S/C21H20F3N3OS/c22-21(23,24)17-6-1-4-15(12-17)19(28)16-5-2-9-26(13-16)14-18-7-3-10-27(18)20-25-8-11-29-20/h1,3-4,6-8,10-12,16H,2,5,9,13-14H2. The third kappa shape index (κ3) is 4.43. The van der Waals surface area contributed by atoms with E-state index in [4.69, 9.17) is 0 Å². The maximum atomic E-state index is 13.0. The van der Waals surface area contributed by atoms with Gasteiger partial charge < -0.3 is 0 Å². The molecule has 3 aromatic rings. The Kier molecular flexibility index (Phi) is 5.56. The minimum absolute atomic E-state index is 0.137. The first-order valence-electron chi connectivity index (χ1n) is 9.42. The van der Waals surface area contributed by atoms with Crippen molar-refractivity contribution in [3.63, 3.8) is 0 Å². The molecule has 0 aliphatic carbocycles. The number of likely N-dealkylation sites (tertiary alicyclic amines) is 1. The number of Topliss-reactive ketones (excluding diaryl/α,β-unsaturated/α-hetero) is 1. The number of hydrogen-bond acceptors (Lipinski definition) is 4. The minimum atomic E-state index is -4.45. The lowest BCUT2D eigenvalue weighted by Gasteiger charge is -2.32. The van der Waals surface area contributed by atoms with Crippen molar-refractivity contribution in [1.29, 1.82) is 0 Å². The lowest BCUT2D eigenvalue weighted by atomic mass is 9.89. The van der Waals surface area contributed by atoms with E-state index in [-0.39, 0.29) is 17.3 Å². The van der Waals surface area contributed by atoms with Crippen LogP contribution in [0.5, 0.6) is 0 Å². The molecule has 8 heteroatoms. The Morgan fingerprint density at radius 3 is 2.86 bits per heavy atom. The van der Waals surface area contributed by atoms with Crippen molar-refractivity contribution in [3.8, 4) is 5.13 Å². The number of benzene rings is 1. The topological polar surface area (TPSA) is 38.1 Å². The molecule has 0 spiro atoms. The average molecular weight is 419 g/mol. The number of alkyl halides is 3. The van der Waals surface area contributed by atoms with Crippen LogP contribution in [0.4, 0.5) is 13.2 Å². The number of piperidine rings is 1. The molecule has 1 aliphatic rings. The van der Waals surface area contributed by atoms with Crippen molar-refractivity contribution in [3.05, 3.63) is 71.0 Å². The van der Waals surface area contributed by atoms with E-state index in [1.807, 2.05) is 28.3 Å². The van der Waals surface area contributed by atoms with Crippen LogP contribution in [-0.4, -0.2) is 33.3 Å². The normalized spacial score (nSPS) is 18.1. The first kappa shape index (κ1) is 19.8. The molecule has 0 radical (unpaired) electrons. The van der Waals surface area contributed by atoms with Gasteiger partial charge in [-0.05, 0) is 43.7 Å². The average Bonchev–Trinajstić information content (AvgIpc) is 3.39. The molecule has 1 unspecified atom stereocenters. The summed E-state index contributed by atoms with van der Waals surface area (Å²) >= 11 is 1.55. The van der Waals surface area contributed by atoms with Crippen LogP contribution in [0.15, 0.2) is 54.2 Å². The number of aromatic nitrogens is 2. The highest BCUT2D eigenvalue weighted by molar-refractivity contribution is 7.12. The van der Waals surface area contributed by atoms with Gasteiger partial charge >= 0.3 is 6.18 Å². The number of hydrogen-bond donors (Lipinski definition) is 0. The van der Waals surface area contributed by atoms with Crippen molar-refractivity contribution in [2.24, 2.45) is 5.92 Å². The van der Waals surface area contributed by atoms with Crippen LogP contribution < -0.4 is 0 Å². The second-order valence-corrected chi connectivity index (χ2v) is 8.07. The Labute approximate surface area is 170 Å². The molecule has 152 valence electrons. The van der Waals surface area contributed by atoms with Gasteiger partial charge in [-0.2, -0.15) is 13.2 Å². The molecule has 0 saturated carbocycles. The number of rotatable bonds is 5. The van der Waals surface area contributed by atoms with Gasteiger partial charge in [0.2, 0.25) is 0 Å². The third-order valence-electron chi connectivity index (χ3n) is 5.19. The van der Waals surface area contributed by atoms with Gasteiger partial charge in [-0.1, -0.05) is 12.1 Å². The van der Waals surface area contributed by atoms with Crippen LogP contribution in [-0.2, 0) is 12.7 Å². The van der Waals surface area contributed by atoms with Crippen LogP contribution in [0.2, 0.25) is 0 Å². The number of carbonyl (C=O) groups is 1. The summed E-state index contributed by atoms with van der Waals surface area (Å²) in [5.74, 6) is -0.508. The molecule has 1 fully saturated rings. The van der Waals surface area contributed by atoms with Crippen LogP contribution in [0, 0.1) is 5.92 Å². The number of nitrogens with zero attached hydrogens (tertiary/aromatic N) is 3. The Balaban J connectivity index is 1.47. The van der Waals surface area contributed by atoms with Gasteiger partial charge in [0.1, 0.15) is 0 Å². The van der Waals surface area contributed by atoms with E-state index in [1.165, 1.54) is 12.1 Å². The van der Waals surface area contributed by atoms with Gasteiger partial charge in [-0.25, -0.2) is 4.98 Å². The highest BCUT2D eigenvalue weighted by Crippen LogP contribution is 2.31. The Morgan fingerprint density at radius 2 is 2.10 bits per heavy atom. The largest absolute Gasteiger partial charge is 0.416 e. The first-order valence-corrected chi connectivity index (χ1v) is 10.3. The lowest BCUT2D eigenvalue weighted by molar-refractivity contribution is -0.137. The Bertz CT molecular complexity index is 981. The van der Waals surface area contributed by atoms with E-state index in [9.17, 15) is 18.0 Å². The zero-order chi connectivity index (χ0) is 20.4. The number of thiazole rings is 1. The van der Waals surface area contributed by atoms with Crippen LogP contribution in [0.1, 0.15) is 34.5 Å². The second kappa shape index (κ2) is 8.12. The zero-order valence-corrected chi connectivity index (χ0v) is 16.4. The molecule has 0 N–H and O–H groups in total. The second-order valence-electron chi connectivity index (χ2n) is 7.20. The van der Waals surface area contributed by atoms with Crippen LogP contribution in [0.25, 0.3) is 5.13 Å². The van der Waals surface area contributed by atoms with Crippen molar-refractivity contribution in [1.82, 2.24) is 14.5 Å². The van der Waals surface area contributed by atoms with E-state index >= 15 is 0 Å². The van der Waals surface area contributed by atoms with Crippen molar-refractivity contribution in [2.45, 2.75) is 25.6 Å². The van der Waals surface area contributed by atoms with E-state index in [0.717, 1.165) is 35.9 Å². The van der Waals surface area contributed by atoms with Gasteiger partial charge in [0.05, 0.1) is 5.56 Å². The molecule has 29 heavy (non-hydrogen) atoms. The Hall–Kier alpha value is -2.45. The van der Waals surface area contributed by atoms with Gasteiger partial charge in [0.15, 0.2) is 10.9 Å². The molecule has 4 rings (SSSR count). The van der Waals surface area contributed by atoms with Crippen molar-refractivity contribution in [2.75, 3.05) is 13.1 Å². The van der Waals surface area contributed by atoms with Gasteiger partial charge in [-0.15, -0.1) is 11.3 Å². The molecule has 2 aromatic heterocycles. The molecular formula is C21H20F3N3OS. The summed E-state index contributed by atoms with van der Waals surface area (Å²) in [5, 5.41) is 2.81. The van der Waals surface area contributed by atoms with Gasteiger partial charge in [0.25, 0.3) is 0 Å². The maximum absolute atomic E-state index is 13.0. The fraction of sp³-hybridized carbons (Fsp3) is 0.333. The fourth-order valence-corrected chi connectivity index (χ4v) is 4.45. The SMILES string of the molecule is O=C(c1cccc(C(F)(F)F)c1)C1CCCN(Cc2cccn2-c2nccs2)C1. The van der Waals surface area contributed by atoms with Crippen LogP contribution in [0.3, 0.4) is 0 Å². The summed E-state index contributed by atoms with van der Waals surface area (Å²) in [7, 11) is 0. The molecule has 0 bridgehead atoms. The number of halogens is 3. The number of ketones is 1. The lowest BCUT2D eigenvalue weighted by Crippen LogP contribution is -2.38. The quantitative estimate of drug-likeness (QED) is 0.544. The third-order valence-corrected chi connectivity index (χ3v) is 5.97. The van der Waals surface area contributed by atoms with Crippen molar-refractivity contribution < 1.29 is 18.0 Å². The first-order chi connectivity index (χ1) is 13.9. The summed E-state index contributed by atoms with van der Waals surface area (Å²) in [6.45, 7) is 2.06. The van der Waals surface area contributed by atoms with E-state index in [2.05, 4.69) is 9.88 Å². The summed E-state index contributed by atoms with van der Waals surface area (Å²) in [6, 6.07) is 8.74. The Morgan fingerprint density at radius 1 is 1.24 bits per heavy atom. The van der Waals surface area contributed by atoms with E-state index in [0.29, 0.717) is 19.5 Å². The summed E-state index contributed by atoms with van der Waals surface area (Å²) in [4.78, 5) is 19.4. The highest BCUT2D eigenvalue weighted by Gasteiger charge is 2.32. The fourth-order valence-electron chi connectivity index (χ4n) is 3.79. The van der Waals surface area contributed by atoms with E-state index in [1.54, 1.807) is 17.5 Å². The zero-order valence-electron chi connectivity index (χ0n) is 15.6. The molecule has 1 aromatic carbocycles. The van der Waals surface area contributed by atoms with Gasteiger partial charge in [0, 0.05) is 48.0 Å². The molecular weight excluding hydrogens is 399 g/mol. The minimum Gasteiger partial charge on any atom is -0.297 e. The predicted molar refractivity (Wildman–Crippen MR) is 105 cm³/mol. The molecule has 1 saturated heterocycles.